The molecule has 0 fully saturated rings. The monoisotopic (exact) mass is 254 g/mol. The molecule has 1 N–H and O–H groups in total. The molecule has 1 heterocycles. The van der Waals surface area contributed by atoms with E-state index in [0.29, 0.717) is 6.54 Å². The molecule has 0 bridgehead atoms. The van der Waals surface area contributed by atoms with E-state index in [1.54, 1.807) is 0 Å². The third-order valence-electron chi connectivity index (χ3n) is 2.95. The molecule has 2 rings (SSSR count). The Morgan fingerprint density at radius 2 is 2.12 bits per heavy atom. The van der Waals surface area contributed by atoms with E-state index in [0.717, 1.165) is 25.9 Å². The quantitative estimate of drug-likeness (QED) is 0.871. The van der Waals surface area contributed by atoms with Gasteiger partial charge in [-0.25, -0.2) is 13.1 Å². The molecular weight excluding hydrogens is 236 g/mol. The standard InChI is InChI=1S/C12H18N2O2S/c1-17(15,16)13-8-10-14-9-4-6-11-5-2-3-7-12(11)14/h2-3,5,7,13H,4,6,8-10H2,1H3. The van der Waals surface area contributed by atoms with Gasteiger partial charge in [-0.2, -0.15) is 0 Å². The summed E-state index contributed by atoms with van der Waals surface area (Å²) in [5.74, 6) is 0. The Labute approximate surface area is 103 Å². The number of hydrogen-bond acceptors (Lipinski definition) is 3. The minimum atomic E-state index is -3.08. The van der Waals surface area contributed by atoms with Crippen LogP contribution in [0.2, 0.25) is 0 Å². The number of anilines is 1. The summed E-state index contributed by atoms with van der Waals surface area (Å²) in [6.07, 6.45) is 3.44. The Morgan fingerprint density at radius 1 is 1.35 bits per heavy atom. The van der Waals surface area contributed by atoms with Crippen molar-refractivity contribution in [2.75, 3.05) is 30.8 Å². The highest BCUT2D eigenvalue weighted by atomic mass is 32.2. The zero-order valence-corrected chi connectivity index (χ0v) is 10.8. The number of nitrogens with one attached hydrogen (secondary N) is 1. The Balaban J connectivity index is 1.99. The van der Waals surface area contributed by atoms with Crippen molar-refractivity contribution >= 4 is 15.7 Å². The van der Waals surface area contributed by atoms with Crippen LogP contribution in [0.4, 0.5) is 5.69 Å². The van der Waals surface area contributed by atoms with Crippen molar-refractivity contribution in [1.82, 2.24) is 4.72 Å². The van der Waals surface area contributed by atoms with Crippen LogP contribution in [-0.2, 0) is 16.4 Å². The van der Waals surface area contributed by atoms with E-state index >= 15 is 0 Å². The number of benzene rings is 1. The Hall–Kier alpha value is -1.07. The molecule has 5 heteroatoms. The average molecular weight is 254 g/mol. The van der Waals surface area contributed by atoms with Crippen LogP contribution >= 0.6 is 0 Å². The maximum Gasteiger partial charge on any atom is 0.208 e. The van der Waals surface area contributed by atoms with E-state index in [2.05, 4.69) is 27.8 Å². The lowest BCUT2D eigenvalue weighted by Crippen LogP contribution is -2.37. The molecule has 0 saturated carbocycles. The number of nitrogens with zero attached hydrogens (tertiary/aromatic N) is 1. The average Bonchev–Trinajstić information content (AvgIpc) is 2.28. The first-order valence-corrected chi connectivity index (χ1v) is 7.73. The summed E-state index contributed by atoms with van der Waals surface area (Å²) < 4.78 is 24.5. The van der Waals surface area contributed by atoms with Crippen LogP contribution in [0.15, 0.2) is 24.3 Å². The minimum Gasteiger partial charge on any atom is -0.370 e. The van der Waals surface area contributed by atoms with E-state index in [1.165, 1.54) is 17.5 Å². The van der Waals surface area contributed by atoms with Crippen LogP contribution in [0.1, 0.15) is 12.0 Å². The zero-order valence-electron chi connectivity index (χ0n) is 10.0. The molecule has 0 aromatic heterocycles. The number of rotatable bonds is 4. The summed E-state index contributed by atoms with van der Waals surface area (Å²) >= 11 is 0. The lowest BCUT2D eigenvalue weighted by Gasteiger charge is -2.31. The van der Waals surface area contributed by atoms with Crippen LogP contribution in [0.5, 0.6) is 0 Å². The van der Waals surface area contributed by atoms with E-state index < -0.39 is 10.0 Å². The normalized spacial score (nSPS) is 15.7. The second-order valence-electron chi connectivity index (χ2n) is 4.39. The molecule has 17 heavy (non-hydrogen) atoms. The van der Waals surface area contributed by atoms with Crippen molar-refractivity contribution in [3.05, 3.63) is 29.8 Å². The predicted octanol–water partition coefficient (Wildman–Crippen LogP) is 0.988. The number of sulfonamides is 1. The molecule has 0 saturated heterocycles. The molecule has 0 radical (unpaired) electrons. The van der Waals surface area contributed by atoms with Crippen molar-refractivity contribution < 1.29 is 8.42 Å². The lowest BCUT2D eigenvalue weighted by atomic mass is 10.0. The van der Waals surface area contributed by atoms with Crippen LogP contribution in [0, 0.1) is 0 Å². The molecule has 94 valence electrons. The van der Waals surface area contributed by atoms with Gasteiger partial charge < -0.3 is 4.90 Å². The molecular formula is C12H18N2O2S. The first kappa shape index (κ1) is 12.4. The van der Waals surface area contributed by atoms with Gasteiger partial charge in [-0.15, -0.1) is 0 Å². The second-order valence-corrected chi connectivity index (χ2v) is 6.22. The highest BCUT2D eigenvalue weighted by Gasteiger charge is 2.15. The number of fused-ring (bicyclic) bond motifs is 1. The first-order valence-electron chi connectivity index (χ1n) is 5.84. The smallest absolute Gasteiger partial charge is 0.208 e. The van der Waals surface area contributed by atoms with Crippen molar-refractivity contribution in [1.29, 1.82) is 0 Å². The van der Waals surface area contributed by atoms with Crippen LogP contribution in [0.25, 0.3) is 0 Å². The van der Waals surface area contributed by atoms with Gasteiger partial charge in [0.1, 0.15) is 0 Å². The summed E-state index contributed by atoms with van der Waals surface area (Å²) in [6.45, 7) is 2.19. The van der Waals surface area contributed by atoms with E-state index in [1.807, 2.05) is 6.07 Å². The zero-order chi connectivity index (χ0) is 12.3. The van der Waals surface area contributed by atoms with Gasteiger partial charge in [0.15, 0.2) is 0 Å². The highest BCUT2D eigenvalue weighted by molar-refractivity contribution is 7.88. The van der Waals surface area contributed by atoms with Crippen molar-refractivity contribution in [3.8, 4) is 0 Å². The Morgan fingerprint density at radius 3 is 2.88 bits per heavy atom. The summed E-state index contributed by atoms with van der Waals surface area (Å²) in [4.78, 5) is 2.25. The van der Waals surface area contributed by atoms with Gasteiger partial charge in [0, 0.05) is 25.3 Å². The molecule has 1 aliphatic rings. The first-order chi connectivity index (χ1) is 8.06. The summed E-state index contributed by atoms with van der Waals surface area (Å²) in [5.41, 5.74) is 2.60. The minimum absolute atomic E-state index is 0.465. The molecule has 1 aromatic carbocycles. The number of aryl methyl sites for hydroxylation is 1. The highest BCUT2D eigenvalue weighted by Crippen LogP contribution is 2.25. The van der Waals surface area contributed by atoms with E-state index in [-0.39, 0.29) is 0 Å². The van der Waals surface area contributed by atoms with Crippen molar-refractivity contribution in [3.63, 3.8) is 0 Å². The summed E-state index contributed by atoms with van der Waals surface area (Å²) in [6, 6.07) is 8.33. The van der Waals surface area contributed by atoms with Crippen LogP contribution in [0.3, 0.4) is 0 Å². The van der Waals surface area contributed by atoms with E-state index in [4.69, 9.17) is 0 Å². The molecule has 4 nitrogen and oxygen atoms in total. The second kappa shape index (κ2) is 5.06. The fraction of sp³-hybridized carbons (Fsp3) is 0.500. The third-order valence-corrected chi connectivity index (χ3v) is 3.68. The Bertz CT molecular complexity index is 485. The molecule has 0 unspecified atom stereocenters. The fourth-order valence-electron chi connectivity index (χ4n) is 2.21. The van der Waals surface area contributed by atoms with E-state index in [9.17, 15) is 8.42 Å². The van der Waals surface area contributed by atoms with Crippen molar-refractivity contribution in [2.24, 2.45) is 0 Å². The van der Waals surface area contributed by atoms with Gasteiger partial charge in [-0.3, -0.25) is 0 Å². The maximum atomic E-state index is 11.0. The van der Waals surface area contributed by atoms with Gasteiger partial charge in [0.25, 0.3) is 0 Å². The van der Waals surface area contributed by atoms with Gasteiger partial charge in [-0.1, -0.05) is 18.2 Å². The third kappa shape index (κ3) is 3.44. The van der Waals surface area contributed by atoms with Gasteiger partial charge in [0.2, 0.25) is 10.0 Å². The molecule has 1 aromatic rings. The molecule has 1 aliphatic heterocycles. The SMILES string of the molecule is CS(=O)(=O)NCCN1CCCc2ccccc21. The largest absolute Gasteiger partial charge is 0.370 e. The fourth-order valence-corrected chi connectivity index (χ4v) is 2.67. The van der Waals surface area contributed by atoms with Crippen molar-refractivity contribution in [2.45, 2.75) is 12.8 Å². The van der Waals surface area contributed by atoms with Gasteiger partial charge >= 0.3 is 0 Å². The molecule has 0 spiro atoms. The van der Waals surface area contributed by atoms with Crippen LogP contribution < -0.4 is 9.62 Å². The Kier molecular flexibility index (Phi) is 3.69. The molecule has 0 aliphatic carbocycles. The molecule has 0 amide bonds. The number of para-hydroxylation sites is 1. The van der Waals surface area contributed by atoms with Crippen LogP contribution in [-0.4, -0.2) is 34.3 Å². The predicted molar refractivity (Wildman–Crippen MR) is 69.8 cm³/mol. The van der Waals surface area contributed by atoms with Gasteiger partial charge in [-0.05, 0) is 24.5 Å². The number of hydrogen-bond donors (Lipinski definition) is 1. The van der Waals surface area contributed by atoms with Gasteiger partial charge in [0.05, 0.1) is 6.26 Å². The summed E-state index contributed by atoms with van der Waals surface area (Å²) in [5, 5.41) is 0. The lowest BCUT2D eigenvalue weighted by molar-refractivity contribution is 0.585. The topological polar surface area (TPSA) is 49.4 Å². The maximum absolute atomic E-state index is 11.0. The summed E-state index contributed by atoms with van der Waals surface area (Å²) in [7, 11) is -3.08. The molecule has 0 atom stereocenters.